The third-order valence-corrected chi connectivity index (χ3v) is 4.56. The number of nitrogens with zero attached hydrogens (tertiary/aromatic N) is 2. The highest BCUT2D eigenvalue weighted by molar-refractivity contribution is 7.98. The van der Waals surface area contributed by atoms with Gasteiger partial charge < -0.3 is 10.1 Å². The first kappa shape index (κ1) is 20.0. The molecule has 6 nitrogen and oxygen atoms in total. The van der Waals surface area contributed by atoms with Gasteiger partial charge in [-0.25, -0.2) is 14.2 Å². The number of nitrogens with one attached hydrogen (secondary N) is 1. The van der Waals surface area contributed by atoms with Gasteiger partial charge in [0.25, 0.3) is 5.91 Å². The quantitative estimate of drug-likeness (QED) is 0.591. The summed E-state index contributed by atoms with van der Waals surface area (Å²) in [7, 11) is 0. The van der Waals surface area contributed by atoms with Crippen LogP contribution in [0.3, 0.4) is 0 Å². The first-order valence-corrected chi connectivity index (χ1v) is 9.35. The normalized spacial score (nSPS) is 11.3. The Morgan fingerprint density at radius 3 is 2.54 bits per heavy atom. The Morgan fingerprint density at radius 1 is 1.31 bits per heavy atom. The Morgan fingerprint density at radius 2 is 1.96 bits per heavy atom. The first-order chi connectivity index (χ1) is 12.3. The number of esters is 1. The van der Waals surface area contributed by atoms with Crippen molar-refractivity contribution in [2.24, 2.45) is 0 Å². The Labute approximate surface area is 156 Å². The van der Waals surface area contributed by atoms with Gasteiger partial charge in [0.2, 0.25) is 0 Å². The number of halogens is 1. The molecule has 0 saturated heterocycles. The number of thioether (sulfide) groups is 1. The Hall–Kier alpha value is -2.35. The van der Waals surface area contributed by atoms with Gasteiger partial charge in [-0.1, -0.05) is 18.7 Å². The topological polar surface area (TPSA) is 73.2 Å². The van der Waals surface area contributed by atoms with E-state index < -0.39 is 5.97 Å². The molecule has 1 heterocycles. The second-order valence-electron chi connectivity index (χ2n) is 6.30. The molecule has 26 heavy (non-hydrogen) atoms. The van der Waals surface area contributed by atoms with Gasteiger partial charge >= 0.3 is 5.97 Å². The number of carbonyl (C=O) groups is 2. The lowest BCUT2D eigenvalue weighted by atomic mass is 10.0. The van der Waals surface area contributed by atoms with E-state index in [1.165, 1.54) is 30.1 Å². The van der Waals surface area contributed by atoms with E-state index in [0.29, 0.717) is 10.8 Å². The molecule has 8 heteroatoms. The number of amides is 1. The van der Waals surface area contributed by atoms with Crippen LogP contribution >= 0.6 is 11.8 Å². The third kappa shape index (κ3) is 4.85. The molecule has 1 aromatic carbocycles. The molecule has 0 aliphatic heterocycles. The fourth-order valence-corrected chi connectivity index (χ4v) is 2.71. The summed E-state index contributed by atoms with van der Waals surface area (Å²) in [6.45, 7) is 5.35. The van der Waals surface area contributed by atoms with Gasteiger partial charge in [-0.05, 0) is 50.8 Å². The Balaban J connectivity index is 2.16. The van der Waals surface area contributed by atoms with Crippen molar-refractivity contribution in [3.05, 3.63) is 42.0 Å². The summed E-state index contributed by atoms with van der Waals surface area (Å²) >= 11 is 1.34. The largest absolute Gasteiger partial charge is 0.451 e. The van der Waals surface area contributed by atoms with Crippen molar-refractivity contribution in [2.75, 3.05) is 12.9 Å². The molecule has 140 valence electrons. The van der Waals surface area contributed by atoms with Crippen LogP contribution in [-0.2, 0) is 9.53 Å². The van der Waals surface area contributed by atoms with Gasteiger partial charge in [-0.3, -0.25) is 9.36 Å². The van der Waals surface area contributed by atoms with Crippen LogP contribution in [-0.4, -0.2) is 39.8 Å². The highest BCUT2D eigenvalue weighted by Crippen LogP contribution is 2.22. The van der Waals surface area contributed by atoms with E-state index in [0.717, 1.165) is 6.42 Å². The van der Waals surface area contributed by atoms with Gasteiger partial charge in [0.15, 0.2) is 17.5 Å². The van der Waals surface area contributed by atoms with Crippen molar-refractivity contribution in [2.45, 2.75) is 37.9 Å². The maximum absolute atomic E-state index is 13.2. The molecule has 0 atom stereocenters. The predicted molar refractivity (Wildman–Crippen MR) is 98.1 cm³/mol. The summed E-state index contributed by atoms with van der Waals surface area (Å²) < 4.78 is 19.9. The molecule has 0 bridgehead atoms. The summed E-state index contributed by atoms with van der Waals surface area (Å²) in [5, 5.41) is 3.35. The zero-order valence-electron chi connectivity index (χ0n) is 15.2. The second kappa shape index (κ2) is 8.35. The molecular weight excluding hydrogens is 357 g/mol. The Kier molecular flexibility index (Phi) is 6.42. The monoisotopic (exact) mass is 379 g/mol. The lowest BCUT2D eigenvalue weighted by molar-refractivity contribution is -0.125. The highest BCUT2D eigenvalue weighted by atomic mass is 32.2. The molecule has 1 amide bonds. The van der Waals surface area contributed by atoms with E-state index in [9.17, 15) is 14.0 Å². The average molecular weight is 379 g/mol. The van der Waals surface area contributed by atoms with E-state index in [-0.39, 0.29) is 29.6 Å². The first-order valence-electron chi connectivity index (χ1n) is 8.13. The molecule has 0 aliphatic rings. The predicted octanol–water partition coefficient (Wildman–Crippen LogP) is 3.19. The molecule has 0 unspecified atom stereocenters. The molecule has 2 aromatic rings. The van der Waals surface area contributed by atoms with Crippen molar-refractivity contribution in [1.82, 2.24) is 14.9 Å². The van der Waals surface area contributed by atoms with Gasteiger partial charge in [0, 0.05) is 11.2 Å². The zero-order chi connectivity index (χ0) is 19.3. The van der Waals surface area contributed by atoms with Gasteiger partial charge in [0.05, 0.1) is 6.20 Å². The highest BCUT2D eigenvalue weighted by Gasteiger charge is 2.22. The molecule has 0 spiro atoms. The number of carbonyl (C=O) groups excluding carboxylic acids is 2. The van der Waals surface area contributed by atoms with Crippen LogP contribution in [0.25, 0.3) is 5.69 Å². The van der Waals surface area contributed by atoms with Crippen LogP contribution in [0.4, 0.5) is 4.39 Å². The molecule has 2 rings (SSSR count). The molecular formula is C18H22FN3O3S. The molecule has 1 N–H and O–H groups in total. The average Bonchev–Trinajstić information content (AvgIpc) is 3.04. The van der Waals surface area contributed by atoms with E-state index >= 15 is 0 Å². The van der Waals surface area contributed by atoms with Gasteiger partial charge in [-0.2, -0.15) is 0 Å². The number of imidazole rings is 1. The summed E-state index contributed by atoms with van der Waals surface area (Å²) in [5.74, 6) is -1.42. The maximum Gasteiger partial charge on any atom is 0.357 e. The van der Waals surface area contributed by atoms with Crippen molar-refractivity contribution in [3.63, 3.8) is 0 Å². The van der Waals surface area contributed by atoms with Gasteiger partial charge in [0.1, 0.15) is 5.82 Å². The number of ether oxygens (including phenoxy) is 1. The lowest BCUT2D eigenvalue weighted by Crippen LogP contribution is -2.44. The van der Waals surface area contributed by atoms with E-state index in [1.807, 2.05) is 27.0 Å². The second-order valence-corrected chi connectivity index (χ2v) is 7.08. The minimum absolute atomic E-state index is 0.170. The maximum atomic E-state index is 13.2. The van der Waals surface area contributed by atoms with Crippen molar-refractivity contribution in [1.29, 1.82) is 0 Å². The van der Waals surface area contributed by atoms with Crippen molar-refractivity contribution >= 4 is 23.6 Å². The molecule has 0 saturated carbocycles. The minimum atomic E-state index is -0.674. The third-order valence-electron chi connectivity index (χ3n) is 3.90. The van der Waals surface area contributed by atoms with E-state index in [4.69, 9.17) is 4.74 Å². The van der Waals surface area contributed by atoms with Crippen LogP contribution in [0.15, 0.2) is 35.6 Å². The molecule has 0 fully saturated rings. The lowest BCUT2D eigenvalue weighted by Gasteiger charge is -2.24. The number of benzene rings is 1. The zero-order valence-corrected chi connectivity index (χ0v) is 16.0. The standard InChI is InChI=1S/C18H22FN3O3S/c1-5-18(2,3)21-15(23)11-25-16(24)14-10-20-17(26-4)22(14)13-8-6-12(19)7-9-13/h6-10H,5,11H2,1-4H3,(H,21,23). The van der Waals surface area contributed by atoms with Crippen LogP contribution in [0.5, 0.6) is 0 Å². The van der Waals surface area contributed by atoms with Crippen LogP contribution in [0.1, 0.15) is 37.7 Å². The van der Waals surface area contributed by atoms with Crippen LogP contribution < -0.4 is 5.32 Å². The summed E-state index contributed by atoms with van der Waals surface area (Å²) in [5.41, 5.74) is 0.381. The fourth-order valence-electron chi connectivity index (χ4n) is 2.17. The number of aromatic nitrogens is 2. The number of rotatable bonds is 7. The summed E-state index contributed by atoms with van der Waals surface area (Å²) in [4.78, 5) is 28.6. The smallest absolute Gasteiger partial charge is 0.357 e. The van der Waals surface area contributed by atoms with Crippen LogP contribution in [0, 0.1) is 5.82 Å². The molecule has 0 radical (unpaired) electrons. The van der Waals surface area contributed by atoms with E-state index in [2.05, 4.69) is 10.3 Å². The molecule has 1 aromatic heterocycles. The molecule has 0 aliphatic carbocycles. The number of hydrogen-bond acceptors (Lipinski definition) is 5. The Bertz CT molecular complexity index is 787. The summed E-state index contributed by atoms with van der Waals surface area (Å²) in [6.07, 6.45) is 3.95. The number of hydrogen-bond donors (Lipinski definition) is 1. The van der Waals surface area contributed by atoms with Crippen LogP contribution in [0.2, 0.25) is 0 Å². The summed E-state index contributed by atoms with van der Waals surface area (Å²) in [6, 6.07) is 5.69. The SMILES string of the molecule is CCC(C)(C)NC(=O)COC(=O)c1cnc(SC)n1-c1ccc(F)cc1. The van der Waals surface area contributed by atoms with Gasteiger partial charge in [-0.15, -0.1) is 0 Å². The van der Waals surface area contributed by atoms with Crippen molar-refractivity contribution in [3.8, 4) is 5.69 Å². The van der Waals surface area contributed by atoms with E-state index in [1.54, 1.807) is 16.7 Å². The van der Waals surface area contributed by atoms with Crippen molar-refractivity contribution < 1.29 is 18.7 Å². The fraction of sp³-hybridized carbons (Fsp3) is 0.389. The minimum Gasteiger partial charge on any atom is -0.451 e.